The van der Waals surface area contributed by atoms with Gasteiger partial charge in [0, 0.05) is 10.0 Å². The zero-order chi connectivity index (χ0) is 15.3. The maximum atomic E-state index is 12.4. The first-order valence-electron chi connectivity index (χ1n) is 6.46. The van der Waals surface area contributed by atoms with Gasteiger partial charge in [0.1, 0.15) is 5.54 Å². The fraction of sp³-hybridized carbons (Fsp3) is 0.429. The predicted molar refractivity (Wildman–Crippen MR) is 83.1 cm³/mol. The Hall–Kier alpha value is -1.56. The minimum Gasteiger partial charge on any atom is -0.409 e. The van der Waals surface area contributed by atoms with Gasteiger partial charge < -0.3 is 16.3 Å². The minimum atomic E-state index is -0.833. The first kappa shape index (κ1) is 16.5. The van der Waals surface area contributed by atoms with Crippen molar-refractivity contribution in [3.05, 3.63) is 33.8 Å². The van der Waals surface area contributed by atoms with E-state index in [-0.39, 0.29) is 11.7 Å². The van der Waals surface area contributed by atoms with Gasteiger partial charge in [0.15, 0.2) is 5.84 Å². The summed E-state index contributed by atoms with van der Waals surface area (Å²) in [5.74, 6) is -0.220. The van der Waals surface area contributed by atoms with Crippen LogP contribution in [0.2, 0.25) is 0 Å². The lowest BCUT2D eigenvalue weighted by Crippen LogP contribution is -2.57. The number of amides is 1. The third-order valence-corrected chi connectivity index (χ3v) is 4.10. The summed E-state index contributed by atoms with van der Waals surface area (Å²) in [4.78, 5) is 12.4. The average Bonchev–Trinajstić information content (AvgIpc) is 2.46. The summed E-state index contributed by atoms with van der Waals surface area (Å²) in [5.41, 5.74) is 6.34. The number of carbonyl (C=O) groups excluding carboxylic acids is 1. The average molecular weight is 342 g/mol. The molecule has 0 fully saturated rings. The van der Waals surface area contributed by atoms with E-state index in [1.54, 1.807) is 6.07 Å². The van der Waals surface area contributed by atoms with E-state index in [2.05, 4.69) is 26.4 Å². The Morgan fingerprint density at radius 3 is 2.55 bits per heavy atom. The maximum Gasteiger partial charge on any atom is 0.252 e. The van der Waals surface area contributed by atoms with Gasteiger partial charge >= 0.3 is 0 Å². The lowest BCUT2D eigenvalue weighted by Gasteiger charge is -2.31. The zero-order valence-corrected chi connectivity index (χ0v) is 13.5. The van der Waals surface area contributed by atoms with Crippen molar-refractivity contribution >= 4 is 27.7 Å². The molecule has 0 aliphatic heterocycles. The van der Waals surface area contributed by atoms with E-state index >= 15 is 0 Å². The lowest BCUT2D eigenvalue weighted by molar-refractivity contribution is 0.0917. The second-order valence-electron chi connectivity index (χ2n) is 4.69. The molecule has 6 heteroatoms. The number of aryl methyl sites for hydroxylation is 1. The summed E-state index contributed by atoms with van der Waals surface area (Å²) in [6, 6.07) is 5.50. The minimum absolute atomic E-state index is 0.0171. The number of carbonyl (C=O) groups is 1. The van der Waals surface area contributed by atoms with Gasteiger partial charge in [0.05, 0.1) is 0 Å². The normalized spacial score (nSPS) is 12.3. The molecular formula is C14H20BrN3O2. The van der Waals surface area contributed by atoms with Crippen molar-refractivity contribution in [3.8, 4) is 0 Å². The van der Waals surface area contributed by atoms with Crippen molar-refractivity contribution in [2.24, 2.45) is 10.9 Å². The highest BCUT2D eigenvalue weighted by molar-refractivity contribution is 9.10. The van der Waals surface area contributed by atoms with Crippen LogP contribution in [0.5, 0.6) is 0 Å². The molecule has 0 radical (unpaired) electrons. The van der Waals surface area contributed by atoms with Gasteiger partial charge in [-0.2, -0.15) is 0 Å². The van der Waals surface area contributed by atoms with Crippen molar-refractivity contribution in [3.63, 3.8) is 0 Å². The number of benzene rings is 1. The number of nitrogens with one attached hydrogen (secondary N) is 1. The van der Waals surface area contributed by atoms with Crippen LogP contribution in [0.3, 0.4) is 0 Å². The van der Waals surface area contributed by atoms with Gasteiger partial charge in [-0.05, 0) is 37.5 Å². The molecule has 0 bridgehead atoms. The fourth-order valence-electron chi connectivity index (χ4n) is 2.07. The summed E-state index contributed by atoms with van der Waals surface area (Å²) in [7, 11) is 0. The SMILES string of the molecule is CCC(CC)(NC(=O)c1cc(Br)ccc1C)C(N)=NO. The number of amidine groups is 1. The Kier molecular flexibility index (Phi) is 5.56. The van der Waals surface area contributed by atoms with Gasteiger partial charge in [-0.3, -0.25) is 4.79 Å². The van der Waals surface area contributed by atoms with Crippen LogP contribution in [0, 0.1) is 6.92 Å². The Morgan fingerprint density at radius 2 is 2.05 bits per heavy atom. The third kappa shape index (κ3) is 3.30. The molecule has 1 rings (SSSR count). The van der Waals surface area contributed by atoms with Gasteiger partial charge in [0.25, 0.3) is 5.91 Å². The molecule has 0 atom stereocenters. The van der Waals surface area contributed by atoms with Gasteiger partial charge in [-0.15, -0.1) is 0 Å². The second-order valence-corrected chi connectivity index (χ2v) is 5.60. The molecule has 110 valence electrons. The largest absolute Gasteiger partial charge is 0.409 e. The van der Waals surface area contributed by atoms with Crippen LogP contribution in [-0.4, -0.2) is 22.5 Å². The van der Waals surface area contributed by atoms with Gasteiger partial charge in [-0.1, -0.05) is 41.0 Å². The van der Waals surface area contributed by atoms with Crippen LogP contribution in [0.1, 0.15) is 42.6 Å². The van der Waals surface area contributed by atoms with E-state index in [1.807, 2.05) is 32.9 Å². The number of hydrogen-bond acceptors (Lipinski definition) is 3. The summed E-state index contributed by atoms with van der Waals surface area (Å²) < 4.78 is 0.829. The van der Waals surface area contributed by atoms with E-state index in [9.17, 15) is 4.79 Å². The molecule has 0 saturated carbocycles. The summed E-state index contributed by atoms with van der Waals surface area (Å²) in [6.07, 6.45) is 1.08. The molecule has 1 amide bonds. The summed E-state index contributed by atoms with van der Waals surface area (Å²) in [6.45, 7) is 5.63. The number of hydrogen-bond donors (Lipinski definition) is 3. The number of halogens is 1. The third-order valence-electron chi connectivity index (χ3n) is 3.60. The standard InChI is InChI=1S/C14H20BrN3O2/c1-4-14(5-2,13(16)18-20)17-12(19)11-8-10(15)7-6-9(11)3/h6-8,20H,4-5H2,1-3H3,(H2,16,18)(H,17,19). The molecule has 0 heterocycles. The van der Waals surface area contributed by atoms with Gasteiger partial charge in [0.2, 0.25) is 0 Å². The van der Waals surface area contributed by atoms with Crippen LogP contribution in [0.4, 0.5) is 0 Å². The number of nitrogens with zero attached hydrogens (tertiary/aromatic N) is 1. The maximum absolute atomic E-state index is 12.4. The molecular weight excluding hydrogens is 322 g/mol. The highest BCUT2D eigenvalue weighted by atomic mass is 79.9. The van der Waals surface area contributed by atoms with E-state index in [0.29, 0.717) is 18.4 Å². The van der Waals surface area contributed by atoms with Crippen LogP contribution in [0.25, 0.3) is 0 Å². The van der Waals surface area contributed by atoms with E-state index in [0.717, 1.165) is 10.0 Å². The van der Waals surface area contributed by atoms with E-state index < -0.39 is 5.54 Å². The first-order valence-corrected chi connectivity index (χ1v) is 7.26. The highest BCUT2D eigenvalue weighted by Crippen LogP contribution is 2.20. The highest BCUT2D eigenvalue weighted by Gasteiger charge is 2.33. The van der Waals surface area contributed by atoms with Crippen LogP contribution in [-0.2, 0) is 0 Å². The summed E-state index contributed by atoms with van der Waals surface area (Å²) >= 11 is 3.35. The number of nitrogens with two attached hydrogens (primary N) is 1. The first-order chi connectivity index (χ1) is 9.40. The van der Waals surface area contributed by atoms with Crippen molar-refractivity contribution in [2.45, 2.75) is 39.2 Å². The number of oxime groups is 1. The zero-order valence-electron chi connectivity index (χ0n) is 11.9. The quantitative estimate of drug-likeness (QED) is 0.333. The molecule has 0 aliphatic carbocycles. The molecule has 0 spiro atoms. The Bertz CT molecular complexity index is 525. The van der Waals surface area contributed by atoms with Crippen LogP contribution < -0.4 is 11.1 Å². The van der Waals surface area contributed by atoms with Crippen LogP contribution in [0.15, 0.2) is 27.8 Å². The topological polar surface area (TPSA) is 87.7 Å². The lowest BCUT2D eigenvalue weighted by atomic mass is 9.90. The van der Waals surface area contributed by atoms with Crippen LogP contribution >= 0.6 is 15.9 Å². The molecule has 4 N–H and O–H groups in total. The van der Waals surface area contributed by atoms with E-state index in [4.69, 9.17) is 10.9 Å². The molecule has 0 aromatic heterocycles. The monoisotopic (exact) mass is 341 g/mol. The summed E-state index contributed by atoms with van der Waals surface area (Å²) in [5, 5.41) is 14.9. The van der Waals surface area contributed by atoms with Crippen molar-refractivity contribution in [1.29, 1.82) is 0 Å². The molecule has 20 heavy (non-hydrogen) atoms. The predicted octanol–water partition coefficient (Wildman–Crippen LogP) is 2.79. The molecule has 0 aliphatic rings. The number of rotatable bonds is 5. The molecule has 0 unspecified atom stereocenters. The fourth-order valence-corrected chi connectivity index (χ4v) is 2.43. The molecule has 1 aromatic carbocycles. The van der Waals surface area contributed by atoms with E-state index in [1.165, 1.54) is 0 Å². The van der Waals surface area contributed by atoms with Gasteiger partial charge in [-0.25, -0.2) is 0 Å². The molecule has 5 nitrogen and oxygen atoms in total. The Labute approximate surface area is 127 Å². The van der Waals surface area contributed by atoms with Crippen molar-refractivity contribution in [1.82, 2.24) is 5.32 Å². The molecule has 1 aromatic rings. The molecule has 0 saturated heterocycles. The van der Waals surface area contributed by atoms with Crippen molar-refractivity contribution < 1.29 is 10.0 Å². The Morgan fingerprint density at radius 1 is 1.45 bits per heavy atom. The second kappa shape index (κ2) is 6.74. The smallest absolute Gasteiger partial charge is 0.252 e. The Balaban J connectivity index is 3.12. The van der Waals surface area contributed by atoms with Crippen molar-refractivity contribution in [2.75, 3.05) is 0 Å².